The summed E-state index contributed by atoms with van der Waals surface area (Å²) in [7, 11) is 0. The van der Waals surface area contributed by atoms with E-state index in [1.165, 1.54) is 0 Å². The minimum absolute atomic E-state index is 0.291. The Hall–Kier alpha value is -2.38. The summed E-state index contributed by atoms with van der Waals surface area (Å²) in [5.41, 5.74) is 3.12. The van der Waals surface area contributed by atoms with Gasteiger partial charge in [0.05, 0.1) is 18.2 Å². The first-order chi connectivity index (χ1) is 13.5. The smallest absolute Gasteiger partial charge is 0.338 e. The topological polar surface area (TPSA) is 73.9 Å². The van der Waals surface area contributed by atoms with Crippen LogP contribution in [0.15, 0.2) is 35.5 Å². The Bertz CT molecular complexity index is 737. The molecule has 1 saturated heterocycles. The first-order valence-corrected chi connectivity index (χ1v) is 10.0. The summed E-state index contributed by atoms with van der Waals surface area (Å²) < 4.78 is 5.33. The first-order valence-electron chi connectivity index (χ1n) is 10.0. The Morgan fingerprint density at radius 2 is 1.75 bits per heavy atom. The molecule has 1 atom stereocenters. The number of hydrogen-bond donors (Lipinski definition) is 2. The van der Waals surface area contributed by atoms with Gasteiger partial charge in [0, 0.05) is 38.4 Å². The Kier molecular flexibility index (Phi) is 6.70. The van der Waals surface area contributed by atoms with Gasteiger partial charge in [0.1, 0.15) is 0 Å². The normalized spacial score (nSPS) is 21.2. The molecule has 28 heavy (non-hydrogen) atoms. The molecule has 152 valence electrons. The maximum Gasteiger partial charge on any atom is 0.338 e. The van der Waals surface area contributed by atoms with Crippen LogP contribution in [0.5, 0.6) is 0 Å². The quantitative estimate of drug-likeness (QED) is 0.730. The van der Waals surface area contributed by atoms with Crippen LogP contribution in [0.2, 0.25) is 0 Å². The van der Waals surface area contributed by atoms with Gasteiger partial charge in [-0.1, -0.05) is 36.8 Å². The van der Waals surface area contributed by atoms with Gasteiger partial charge in [-0.2, -0.15) is 0 Å². The van der Waals surface area contributed by atoms with Crippen LogP contribution in [0.25, 0.3) is 0 Å². The Balaban J connectivity index is 1.90. The predicted octanol–water partition coefficient (Wildman–Crippen LogP) is 1.80. The summed E-state index contributed by atoms with van der Waals surface area (Å²) in [5.74, 6) is -0.386. The van der Waals surface area contributed by atoms with Crippen molar-refractivity contribution in [1.29, 1.82) is 0 Å². The average Bonchev–Trinajstić information content (AvgIpc) is 2.69. The third-order valence-corrected chi connectivity index (χ3v) is 5.35. The van der Waals surface area contributed by atoms with Crippen molar-refractivity contribution in [3.8, 4) is 0 Å². The fraction of sp³-hybridized carbons (Fsp3) is 0.524. The molecule has 0 bridgehead atoms. The molecule has 2 aliphatic rings. The Morgan fingerprint density at radius 3 is 2.36 bits per heavy atom. The first kappa shape index (κ1) is 20.4. The second-order valence-corrected chi connectivity index (χ2v) is 7.27. The molecule has 1 aromatic carbocycles. The molecule has 2 N–H and O–H groups in total. The maximum atomic E-state index is 12.8. The number of piperazine rings is 1. The van der Waals surface area contributed by atoms with Crippen LogP contribution in [-0.2, 0) is 9.53 Å². The minimum atomic E-state index is -0.514. The highest BCUT2D eigenvalue weighted by Gasteiger charge is 2.34. The van der Waals surface area contributed by atoms with E-state index >= 15 is 0 Å². The van der Waals surface area contributed by atoms with Crippen molar-refractivity contribution in [1.82, 2.24) is 20.4 Å². The molecule has 7 nitrogen and oxygen atoms in total. The van der Waals surface area contributed by atoms with E-state index in [9.17, 15) is 9.59 Å². The zero-order valence-corrected chi connectivity index (χ0v) is 17.0. The highest BCUT2D eigenvalue weighted by Crippen LogP contribution is 2.28. The van der Waals surface area contributed by atoms with Gasteiger partial charge in [-0.25, -0.2) is 9.59 Å². The summed E-state index contributed by atoms with van der Waals surface area (Å²) >= 11 is 0. The van der Waals surface area contributed by atoms with Gasteiger partial charge in [-0.3, -0.25) is 4.90 Å². The third kappa shape index (κ3) is 4.72. The molecule has 7 heteroatoms. The number of nitrogens with one attached hydrogen (secondary N) is 2. The number of amides is 2. The Labute approximate surface area is 166 Å². The lowest BCUT2D eigenvalue weighted by atomic mass is 9.94. The molecule has 2 amide bonds. The van der Waals surface area contributed by atoms with Crippen molar-refractivity contribution in [2.24, 2.45) is 0 Å². The van der Waals surface area contributed by atoms with E-state index in [0.29, 0.717) is 24.4 Å². The molecule has 2 heterocycles. The van der Waals surface area contributed by atoms with Crippen LogP contribution in [-0.4, -0.2) is 67.7 Å². The summed E-state index contributed by atoms with van der Waals surface area (Å²) in [6.45, 7) is 11.6. The summed E-state index contributed by atoms with van der Waals surface area (Å²) in [6, 6.07) is 7.05. The van der Waals surface area contributed by atoms with Crippen molar-refractivity contribution in [3.63, 3.8) is 0 Å². The van der Waals surface area contributed by atoms with Crippen LogP contribution in [0, 0.1) is 6.92 Å². The fourth-order valence-electron chi connectivity index (χ4n) is 3.69. The highest BCUT2D eigenvalue weighted by molar-refractivity contribution is 5.95. The van der Waals surface area contributed by atoms with Gasteiger partial charge in [-0.15, -0.1) is 0 Å². The maximum absolute atomic E-state index is 12.8. The number of hydrogen-bond acceptors (Lipinski definition) is 5. The van der Waals surface area contributed by atoms with Crippen LogP contribution in [0.4, 0.5) is 4.79 Å². The van der Waals surface area contributed by atoms with Crippen LogP contribution in [0.1, 0.15) is 31.0 Å². The molecule has 2 aliphatic heterocycles. The zero-order chi connectivity index (χ0) is 20.1. The number of urea groups is 1. The van der Waals surface area contributed by atoms with Gasteiger partial charge in [0.15, 0.2) is 0 Å². The van der Waals surface area contributed by atoms with Gasteiger partial charge >= 0.3 is 12.0 Å². The molecular weight excluding hydrogens is 356 g/mol. The van der Waals surface area contributed by atoms with Crippen molar-refractivity contribution in [2.75, 3.05) is 45.9 Å². The number of aryl methyl sites for hydroxylation is 1. The molecule has 0 aliphatic carbocycles. The zero-order valence-electron chi connectivity index (χ0n) is 17.0. The van der Waals surface area contributed by atoms with Crippen LogP contribution >= 0.6 is 0 Å². The van der Waals surface area contributed by atoms with E-state index < -0.39 is 6.04 Å². The molecular formula is C21H30N4O3. The van der Waals surface area contributed by atoms with E-state index in [1.807, 2.05) is 31.2 Å². The standard InChI is InChI=1S/C21H30N4O3/c1-4-24-10-12-25(13-11-24)14-17-18(20(26)28-5-2)19(23-21(27)22-17)16-8-6-15(3)7-9-16/h6-9,19H,4-5,10-14H2,1-3H3,(H2,22,23,27). The third-order valence-electron chi connectivity index (χ3n) is 5.35. The largest absolute Gasteiger partial charge is 0.463 e. The number of nitrogens with zero attached hydrogens (tertiary/aromatic N) is 2. The Morgan fingerprint density at radius 1 is 1.11 bits per heavy atom. The highest BCUT2D eigenvalue weighted by atomic mass is 16.5. The van der Waals surface area contributed by atoms with E-state index in [0.717, 1.165) is 43.9 Å². The average molecular weight is 386 g/mol. The lowest BCUT2D eigenvalue weighted by Gasteiger charge is -2.36. The molecule has 1 unspecified atom stereocenters. The molecule has 0 radical (unpaired) electrons. The van der Waals surface area contributed by atoms with Gasteiger partial charge in [-0.05, 0) is 26.0 Å². The number of ether oxygens (including phenoxy) is 1. The van der Waals surface area contributed by atoms with Crippen molar-refractivity contribution >= 4 is 12.0 Å². The number of carbonyl (C=O) groups excluding carboxylic acids is 2. The number of rotatable bonds is 6. The molecule has 3 rings (SSSR count). The van der Waals surface area contributed by atoms with E-state index in [-0.39, 0.29) is 12.0 Å². The summed E-state index contributed by atoms with van der Waals surface area (Å²) in [6.07, 6.45) is 0. The molecule has 1 aromatic rings. The molecule has 0 aromatic heterocycles. The molecule has 0 saturated carbocycles. The van der Waals surface area contributed by atoms with Crippen molar-refractivity contribution in [2.45, 2.75) is 26.8 Å². The molecule has 1 fully saturated rings. The lowest BCUT2D eigenvalue weighted by molar-refractivity contribution is -0.139. The number of esters is 1. The second kappa shape index (κ2) is 9.21. The van der Waals surface area contributed by atoms with Gasteiger partial charge < -0.3 is 20.3 Å². The molecule has 0 spiro atoms. The van der Waals surface area contributed by atoms with Crippen molar-refractivity contribution < 1.29 is 14.3 Å². The number of benzene rings is 1. The van der Waals surface area contributed by atoms with E-state index in [4.69, 9.17) is 4.74 Å². The number of carbonyl (C=O) groups is 2. The van der Waals surface area contributed by atoms with Gasteiger partial charge in [0.2, 0.25) is 0 Å². The van der Waals surface area contributed by atoms with Crippen LogP contribution in [0.3, 0.4) is 0 Å². The summed E-state index contributed by atoms with van der Waals surface area (Å²) in [5, 5.41) is 5.75. The summed E-state index contributed by atoms with van der Waals surface area (Å²) in [4.78, 5) is 29.8. The SMILES string of the molecule is CCOC(=O)C1=C(CN2CCN(CC)CC2)NC(=O)NC1c1ccc(C)cc1. The second-order valence-electron chi connectivity index (χ2n) is 7.27. The van der Waals surface area contributed by atoms with E-state index in [2.05, 4.69) is 27.4 Å². The number of likely N-dealkylation sites (N-methyl/N-ethyl adjacent to an activating group) is 1. The lowest BCUT2D eigenvalue weighted by Crippen LogP contribution is -2.51. The van der Waals surface area contributed by atoms with Crippen molar-refractivity contribution in [3.05, 3.63) is 46.7 Å². The minimum Gasteiger partial charge on any atom is -0.463 e. The predicted molar refractivity (Wildman–Crippen MR) is 108 cm³/mol. The van der Waals surface area contributed by atoms with Gasteiger partial charge in [0.25, 0.3) is 0 Å². The van der Waals surface area contributed by atoms with Crippen LogP contribution < -0.4 is 10.6 Å². The van der Waals surface area contributed by atoms with E-state index in [1.54, 1.807) is 6.92 Å². The fourth-order valence-corrected chi connectivity index (χ4v) is 3.69. The monoisotopic (exact) mass is 386 g/mol.